The molecule has 0 saturated carbocycles. The second-order valence-electron chi connectivity index (χ2n) is 6.61. The first-order chi connectivity index (χ1) is 13.6. The lowest BCUT2D eigenvalue weighted by Crippen LogP contribution is -2.24. The number of imidazole rings is 1. The van der Waals surface area contributed by atoms with Gasteiger partial charge in [-0.3, -0.25) is 9.36 Å². The zero-order chi connectivity index (χ0) is 19.3. The highest BCUT2D eigenvalue weighted by Gasteiger charge is 2.17. The molecule has 0 radical (unpaired) electrons. The summed E-state index contributed by atoms with van der Waals surface area (Å²) in [5.41, 5.74) is 2.64. The van der Waals surface area contributed by atoms with Crippen LogP contribution in [0.4, 0.5) is 0 Å². The Balaban J connectivity index is 1.76. The maximum absolute atomic E-state index is 13.3. The fraction of sp³-hybridized carbons (Fsp3) is 0.0952. The molecule has 0 saturated heterocycles. The van der Waals surface area contributed by atoms with Crippen molar-refractivity contribution in [2.75, 3.05) is 0 Å². The normalized spacial score (nSPS) is 11.5. The van der Waals surface area contributed by atoms with Crippen molar-refractivity contribution in [3.63, 3.8) is 0 Å². The van der Waals surface area contributed by atoms with Gasteiger partial charge in [-0.2, -0.15) is 0 Å². The minimum atomic E-state index is -0.178. The molecule has 0 N–H and O–H groups in total. The van der Waals surface area contributed by atoms with Crippen LogP contribution in [0.15, 0.2) is 65.0 Å². The molecule has 0 spiro atoms. The molecule has 5 nitrogen and oxygen atoms in total. The van der Waals surface area contributed by atoms with E-state index in [0.717, 1.165) is 11.3 Å². The molecule has 0 aliphatic rings. The van der Waals surface area contributed by atoms with Gasteiger partial charge < -0.3 is 4.57 Å². The molecule has 0 aliphatic heterocycles. The summed E-state index contributed by atoms with van der Waals surface area (Å²) in [6, 6.07) is 15.5. The van der Waals surface area contributed by atoms with Crippen LogP contribution in [0.1, 0.15) is 11.4 Å². The van der Waals surface area contributed by atoms with E-state index in [1.807, 2.05) is 31.3 Å². The molecule has 0 unspecified atom stereocenters. The van der Waals surface area contributed by atoms with E-state index in [1.54, 1.807) is 38.9 Å². The van der Waals surface area contributed by atoms with Crippen molar-refractivity contribution in [2.24, 2.45) is 7.05 Å². The second-order valence-corrected chi connectivity index (χ2v) is 7.95. The first-order valence-corrected chi connectivity index (χ1v) is 10.0. The van der Waals surface area contributed by atoms with Crippen LogP contribution in [0.2, 0.25) is 5.02 Å². The monoisotopic (exact) mass is 406 g/mol. The molecular weight excluding hydrogens is 392 g/mol. The van der Waals surface area contributed by atoms with Crippen LogP contribution in [0.25, 0.3) is 26.9 Å². The van der Waals surface area contributed by atoms with Crippen LogP contribution >= 0.6 is 22.9 Å². The summed E-state index contributed by atoms with van der Waals surface area (Å²) >= 11 is 7.74. The number of aryl methyl sites for hydroxylation is 1. The summed E-state index contributed by atoms with van der Waals surface area (Å²) in [6.07, 6.45) is 2.16. The number of fused-ring (bicyclic) bond motifs is 2. The smallest absolute Gasteiger partial charge is 0.286 e. The molecule has 0 amide bonds. The van der Waals surface area contributed by atoms with Crippen molar-refractivity contribution in [3.05, 3.63) is 87.0 Å². The Morgan fingerprint density at radius 1 is 1.11 bits per heavy atom. The SMILES string of the molecule is Cn1cnc2c(=O)n(-c3ccc(Cl)cc3)c(Cc3csc4ccccc34)nc21. The molecule has 5 rings (SSSR count). The number of hydrogen-bond acceptors (Lipinski definition) is 4. The molecule has 0 fully saturated rings. The Bertz CT molecular complexity index is 1380. The summed E-state index contributed by atoms with van der Waals surface area (Å²) < 4.78 is 4.63. The van der Waals surface area contributed by atoms with Crippen molar-refractivity contribution < 1.29 is 0 Å². The number of thiophene rings is 1. The molecule has 5 aromatic rings. The number of aromatic nitrogens is 4. The van der Waals surface area contributed by atoms with Crippen LogP contribution in [0.3, 0.4) is 0 Å². The minimum absolute atomic E-state index is 0.178. The molecule has 138 valence electrons. The summed E-state index contributed by atoms with van der Waals surface area (Å²) in [5.74, 6) is 0.673. The Labute approximate surface area is 169 Å². The molecule has 0 atom stereocenters. The van der Waals surface area contributed by atoms with E-state index in [0.29, 0.717) is 28.4 Å². The van der Waals surface area contributed by atoms with Gasteiger partial charge in [0, 0.05) is 23.2 Å². The molecule has 28 heavy (non-hydrogen) atoms. The molecular formula is C21H15ClN4OS. The van der Waals surface area contributed by atoms with Crippen molar-refractivity contribution in [3.8, 4) is 5.69 Å². The zero-order valence-corrected chi connectivity index (χ0v) is 16.5. The quantitative estimate of drug-likeness (QED) is 0.440. The van der Waals surface area contributed by atoms with Gasteiger partial charge in [0.2, 0.25) is 0 Å². The Morgan fingerprint density at radius 3 is 2.71 bits per heavy atom. The van der Waals surface area contributed by atoms with Crippen LogP contribution in [0, 0.1) is 0 Å². The van der Waals surface area contributed by atoms with Crippen LogP contribution < -0.4 is 5.56 Å². The fourth-order valence-corrected chi connectivity index (χ4v) is 4.51. The lowest BCUT2D eigenvalue weighted by atomic mass is 10.1. The number of hydrogen-bond donors (Lipinski definition) is 0. The van der Waals surface area contributed by atoms with Gasteiger partial charge in [-0.15, -0.1) is 11.3 Å². The van der Waals surface area contributed by atoms with Gasteiger partial charge in [-0.05, 0) is 46.7 Å². The number of halogens is 1. The van der Waals surface area contributed by atoms with E-state index in [9.17, 15) is 4.79 Å². The van der Waals surface area contributed by atoms with Gasteiger partial charge in [0.05, 0.1) is 12.0 Å². The Hall–Kier alpha value is -2.96. The molecule has 0 bridgehead atoms. The second kappa shape index (κ2) is 6.58. The highest BCUT2D eigenvalue weighted by molar-refractivity contribution is 7.17. The average molecular weight is 407 g/mol. The van der Waals surface area contributed by atoms with Gasteiger partial charge in [-0.1, -0.05) is 29.8 Å². The van der Waals surface area contributed by atoms with Crippen LogP contribution in [-0.2, 0) is 13.5 Å². The first kappa shape index (κ1) is 17.2. The van der Waals surface area contributed by atoms with Crippen molar-refractivity contribution >= 4 is 44.2 Å². The molecule has 2 aromatic carbocycles. The third-order valence-corrected chi connectivity index (χ3v) is 6.06. The highest BCUT2D eigenvalue weighted by Crippen LogP contribution is 2.28. The predicted molar refractivity (Wildman–Crippen MR) is 114 cm³/mol. The lowest BCUT2D eigenvalue weighted by Gasteiger charge is -2.12. The van der Waals surface area contributed by atoms with E-state index >= 15 is 0 Å². The van der Waals surface area contributed by atoms with Crippen molar-refractivity contribution in [2.45, 2.75) is 6.42 Å². The summed E-state index contributed by atoms with van der Waals surface area (Å²) in [5, 5.41) is 3.94. The van der Waals surface area contributed by atoms with Gasteiger partial charge >= 0.3 is 0 Å². The third kappa shape index (κ3) is 2.73. The van der Waals surface area contributed by atoms with E-state index in [2.05, 4.69) is 22.5 Å². The summed E-state index contributed by atoms with van der Waals surface area (Å²) in [6.45, 7) is 0. The maximum Gasteiger partial charge on any atom is 0.286 e. The van der Waals surface area contributed by atoms with E-state index in [-0.39, 0.29) is 5.56 Å². The van der Waals surface area contributed by atoms with E-state index in [4.69, 9.17) is 16.6 Å². The summed E-state index contributed by atoms with van der Waals surface area (Å²) in [4.78, 5) is 22.3. The van der Waals surface area contributed by atoms with E-state index in [1.165, 1.54) is 10.1 Å². The maximum atomic E-state index is 13.3. The standard InChI is InChI=1S/C21H15ClN4OS/c1-25-12-23-19-20(25)24-18(10-13-11-28-17-5-3-2-4-16(13)17)26(21(19)27)15-8-6-14(22)7-9-15/h2-9,11-12H,10H2,1H3. The van der Waals surface area contributed by atoms with Gasteiger partial charge in [0.25, 0.3) is 5.56 Å². The molecule has 3 aromatic heterocycles. The first-order valence-electron chi connectivity index (χ1n) is 8.76. The highest BCUT2D eigenvalue weighted by atomic mass is 35.5. The van der Waals surface area contributed by atoms with E-state index < -0.39 is 0 Å². The zero-order valence-electron chi connectivity index (χ0n) is 15.0. The van der Waals surface area contributed by atoms with Crippen molar-refractivity contribution in [1.29, 1.82) is 0 Å². The Morgan fingerprint density at radius 2 is 1.89 bits per heavy atom. The molecule has 0 aliphatic carbocycles. The Kier molecular flexibility index (Phi) is 4.03. The van der Waals surface area contributed by atoms with Crippen LogP contribution in [-0.4, -0.2) is 19.1 Å². The predicted octanol–water partition coefficient (Wildman–Crippen LogP) is 4.58. The fourth-order valence-electron chi connectivity index (χ4n) is 3.42. The largest absolute Gasteiger partial charge is 0.318 e. The van der Waals surface area contributed by atoms with Gasteiger partial charge in [0.15, 0.2) is 11.2 Å². The number of benzene rings is 2. The summed E-state index contributed by atoms with van der Waals surface area (Å²) in [7, 11) is 1.85. The number of nitrogens with zero attached hydrogens (tertiary/aromatic N) is 4. The van der Waals surface area contributed by atoms with Gasteiger partial charge in [0.1, 0.15) is 5.82 Å². The van der Waals surface area contributed by atoms with Gasteiger partial charge in [-0.25, -0.2) is 9.97 Å². The molecule has 7 heteroatoms. The third-order valence-electron chi connectivity index (χ3n) is 4.80. The number of rotatable bonds is 3. The van der Waals surface area contributed by atoms with Crippen LogP contribution in [0.5, 0.6) is 0 Å². The topological polar surface area (TPSA) is 52.7 Å². The van der Waals surface area contributed by atoms with Crippen molar-refractivity contribution in [1.82, 2.24) is 19.1 Å². The average Bonchev–Trinajstić information content (AvgIpc) is 3.28. The lowest BCUT2D eigenvalue weighted by molar-refractivity contribution is 0.835. The molecule has 3 heterocycles. The minimum Gasteiger partial charge on any atom is -0.318 e.